The number of carbonyl (C=O) groups excluding carboxylic acids is 1. The zero-order valence-corrected chi connectivity index (χ0v) is 13.6. The normalized spacial score (nSPS) is 18.5. The molecule has 0 bridgehead atoms. The number of piperazine rings is 1. The largest absolute Gasteiger partial charge is 0.336 e. The second-order valence-electron chi connectivity index (χ2n) is 5.18. The molecule has 1 fully saturated rings. The fourth-order valence-corrected chi connectivity index (χ4v) is 2.98. The van der Waals surface area contributed by atoms with Crippen molar-refractivity contribution in [3.05, 3.63) is 50.9 Å². The molecule has 2 aromatic heterocycles. The van der Waals surface area contributed by atoms with Crippen molar-refractivity contribution in [2.24, 2.45) is 7.05 Å². The molecule has 1 unspecified atom stereocenters. The van der Waals surface area contributed by atoms with E-state index in [1.54, 1.807) is 17.2 Å². The first kappa shape index (κ1) is 15.0. The van der Waals surface area contributed by atoms with Crippen LogP contribution < -0.4 is 10.9 Å². The van der Waals surface area contributed by atoms with Crippen molar-refractivity contribution in [1.29, 1.82) is 0 Å². The van der Waals surface area contributed by atoms with Crippen molar-refractivity contribution in [3.63, 3.8) is 0 Å². The highest BCUT2D eigenvalue weighted by molar-refractivity contribution is 9.10. The number of H-pyrrole nitrogens is 1. The second-order valence-corrected chi connectivity index (χ2v) is 6.03. The van der Waals surface area contributed by atoms with E-state index in [2.05, 4.69) is 31.2 Å². The first-order chi connectivity index (χ1) is 10.6. The summed E-state index contributed by atoms with van der Waals surface area (Å²) < 4.78 is 2.27. The fourth-order valence-electron chi connectivity index (χ4n) is 2.62. The number of aromatic nitrogens is 3. The summed E-state index contributed by atoms with van der Waals surface area (Å²) in [5.41, 5.74) is 0.199. The molecular formula is C14H16BrN5O2. The van der Waals surface area contributed by atoms with Crippen molar-refractivity contribution in [1.82, 2.24) is 24.8 Å². The lowest BCUT2D eigenvalue weighted by atomic mass is 10.1. The van der Waals surface area contributed by atoms with E-state index in [0.29, 0.717) is 23.1 Å². The molecule has 0 aromatic carbocycles. The number of nitrogens with zero attached hydrogens (tertiary/aromatic N) is 3. The lowest BCUT2D eigenvalue weighted by Gasteiger charge is -2.35. The number of nitrogens with one attached hydrogen (secondary N) is 2. The van der Waals surface area contributed by atoms with Gasteiger partial charge < -0.3 is 19.8 Å². The number of amides is 1. The van der Waals surface area contributed by atoms with Gasteiger partial charge in [-0.2, -0.15) is 0 Å². The number of rotatable bonds is 2. The molecule has 1 amide bonds. The number of halogens is 1. The maximum absolute atomic E-state index is 12.8. The number of carbonyl (C=O) groups is 1. The van der Waals surface area contributed by atoms with Crippen LogP contribution in [-0.4, -0.2) is 45.0 Å². The molecule has 22 heavy (non-hydrogen) atoms. The van der Waals surface area contributed by atoms with Crippen LogP contribution >= 0.6 is 15.9 Å². The van der Waals surface area contributed by atoms with Gasteiger partial charge in [-0.15, -0.1) is 0 Å². The molecule has 2 aromatic rings. The number of imidazole rings is 1. The van der Waals surface area contributed by atoms with Gasteiger partial charge in [0.25, 0.3) is 11.5 Å². The van der Waals surface area contributed by atoms with Crippen LogP contribution in [0.3, 0.4) is 0 Å². The molecule has 0 saturated carbocycles. The van der Waals surface area contributed by atoms with Crippen molar-refractivity contribution < 1.29 is 4.79 Å². The number of hydrogen-bond acceptors (Lipinski definition) is 4. The average Bonchev–Trinajstić information content (AvgIpc) is 2.95. The minimum absolute atomic E-state index is 0.119. The number of pyridine rings is 1. The van der Waals surface area contributed by atoms with Crippen LogP contribution in [0.5, 0.6) is 0 Å². The highest BCUT2D eigenvalue weighted by atomic mass is 79.9. The van der Waals surface area contributed by atoms with Crippen molar-refractivity contribution in [3.8, 4) is 0 Å². The maximum atomic E-state index is 12.8. The molecule has 3 rings (SSSR count). The molecule has 2 N–H and O–H groups in total. The van der Waals surface area contributed by atoms with E-state index >= 15 is 0 Å². The molecule has 7 nitrogen and oxygen atoms in total. The van der Waals surface area contributed by atoms with Gasteiger partial charge in [-0.3, -0.25) is 9.59 Å². The van der Waals surface area contributed by atoms with E-state index in [4.69, 9.17) is 0 Å². The number of aryl methyl sites for hydroxylation is 1. The minimum Gasteiger partial charge on any atom is -0.336 e. The molecule has 1 aliphatic rings. The second kappa shape index (κ2) is 6.05. The Morgan fingerprint density at radius 1 is 1.50 bits per heavy atom. The van der Waals surface area contributed by atoms with Gasteiger partial charge in [-0.25, -0.2) is 4.98 Å². The van der Waals surface area contributed by atoms with E-state index in [1.165, 1.54) is 6.20 Å². The monoisotopic (exact) mass is 365 g/mol. The quantitative estimate of drug-likeness (QED) is 0.818. The maximum Gasteiger partial charge on any atom is 0.262 e. The molecule has 1 saturated heterocycles. The number of hydrogen-bond donors (Lipinski definition) is 2. The smallest absolute Gasteiger partial charge is 0.262 e. The Bertz CT molecular complexity index is 754. The van der Waals surface area contributed by atoms with Crippen molar-refractivity contribution in [2.45, 2.75) is 6.04 Å². The van der Waals surface area contributed by atoms with Crippen LogP contribution in [0.4, 0.5) is 0 Å². The summed E-state index contributed by atoms with van der Waals surface area (Å²) in [7, 11) is 1.91. The lowest BCUT2D eigenvalue weighted by Crippen LogP contribution is -2.49. The Labute approximate surface area is 135 Å². The fraction of sp³-hybridized carbons (Fsp3) is 0.357. The summed E-state index contributed by atoms with van der Waals surface area (Å²) in [6, 6.07) is 1.42. The third-order valence-electron chi connectivity index (χ3n) is 3.77. The highest BCUT2D eigenvalue weighted by Gasteiger charge is 2.31. The van der Waals surface area contributed by atoms with Crippen LogP contribution in [0.1, 0.15) is 22.2 Å². The van der Waals surface area contributed by atoms with Crippen LogP contribution in [-0.2, 0) is 7.05 Å². The molecule has 1 aliphatic heterocycles. The van der Waals surface area contributed by atoms with Crippen molar-refractivity contribution >= 4 is 21.8 Å². The molecule has 0 spiro atoms. The minimum atomic E-state index is -0.252. The van der Waals surface area contributed by atoms with Gasteiger partial charge >= 0.3 is 0 Å². The molecule has 1 atom stereocenters. The molecule has 0 aliphatic carbocycles. The van der Waals surface area contributed by atoms with E-state index in [-0.39, 0.29) is 17.5 Å². The van der Waals surface area contributed by atoms with Gasteiger partial charge in [-0.1, -0.05) is 0 Å². The van der Waals surface area contributed by atoms with Gasteiger partial charge in [0.1, 0.15) is 11.9 Å². The van der Waals surface area contributed by atoms with E-state index < -0.39 is 0 Å². The summed E-state index contributed by atoms with van der Waals surface area (Å²) in [4.78, 5) is 32.9. The predicted octanol–water partition coefficient (Wildman–Crippen LogP) is 0.658. The lowest BCUT2D eigenvalue weighted by molar-refractivity contribution is 0.0620. The topological polar surface area (TPSA) is 83.0 Å². The summed E-state index contributed by atoms with van der Waals surface area (Å²) in [5.74, 6) is 0.718. The third kappa shape index (κ3) is 2.71. The molecule has 3 heterocycles. The molecule has 116 valence electrons. The van der Waals surface area contributed by atoms with Gasteiger partial charge in [0, 0.05) is 45.3 Å². The predicted molar refractivity (Wildman–Crippen MR) is 84.6 cm³/mol. The van der Waals surface area contributed by atoms with Gasteiger partial charge in [0.2, 0.25) is 0 Å². The first-order valence-corrected chi connectivity index (χ1v) is 7.74. The average molecular weight is 366 g/mol. The highest BCUT2D eigenvalue weighted by Crippen LogP contribution is 2.22. The Morgan fingerprint density at radius 3 is 3.00 bits per heavy atom. The zero-order valence-electron chi connectivity index (χ0n) is 12.0. The Kier molecular flexibility index (Phi) is 4.12. The number of aromatic amines is 1. The van der Waals surface area contributed by atoms with Gasteiger partial charge in [0.05, 0.1) is 10.0 Å². The van der Waals surface area contributed by atoms with Crippen LogP contribution in [0, 0.1) is 0 Å². The Balaban J connectivity index is 1.93. The SMILES string of the molecule is Cn1ccnc1C1CNCCN1C(=O)c1c[nH]c(=O)c(Br)c1. The summed E-state index contributed by atoms with van der Waals surface area (Å²) >= 11 is 3.16. The Hall–Kier alpha value is -1.93. The van der Waals surface area contributed by atoms with E-state index in [0.717, 1.165) is 12.4 Å². The Morgan fingerprint density at radius 2 is 2.32 bits per heavy atom. The summed E-state index contributed by atoms with van der Waals surface area (Å²) in [5, 5.41) is 3.29. The molecule has 0 radical (unpaired) electrons. The van der Waals surface area contributed by atoms with Crippen LogP contribution in [0.2, 0.25) is 0 Å². The summed E-state index contributed by atoms with van der Waals surface area (Å²) in [6.07, 6.45) is 5.04. The van der Waals surface area contributed by atoms with Crippen LogP contribution in [0.15, 0.2) is 33.9 Å². The molecule has 8 heteroatoms. The van der Waals surface area contributed by atoms with Gasteiger partial charge in [-0.05, 0) is 22.0 Å². The standard InChI is InChI=1S/C14H16BrN5O2/c1-19-4-3-17-12(19)11-8-16-2-5-20(11)14(22)9-6-10(15)13(21)18-7-9/h3-4,6-7,11,16H,2,5,8H2,1H3,(H,18,21). The van der Waals surface area contributed by atoms with E-state index in [1.807, 2.05) is 17.8 Å². The first-order valence-electron chi connectivity index (χ1n) is 6.95. The molecular weight excluding hydrogens is 350 g/mol. The van der Waals surface area contributed by atoms with E-state index in [9.17, 15) is 9.59 Å². The summed E-state index contributed by atoms with van der Waals surface area (Å²) in [6.45, 7) is 1.98. The van der Waals surface area contributed by atoms with Crippen LogP contribution in [0.25, 0.3) is 0 Å². The zero-order chi connectivity index (χ0) is 15.7. The van der Waals surface area contributed by atoms with Gasteiger partial charge in [0.15, 0.2) is 0 Å². The van der Waals surface area contributed by atoms with Crippen molar-refractivity contribution in [2.75, 3.05) is 19.6 Å². The third-order valence-corrected chi connectivity index (χ3v) is 4.35.